The van der Waals surface area contributed by atoms with Crippen LogP contribution < -0.4 is 5.32 Å². The maximum Gasteiger partial charge on any atom is 0.267 e. The van der Waals surface area contributed by atoms with Crippen molar-refractivity contribution in [3.8, 4) is 0 Å². The zero-order chi connectivity index (χ0) is 29.0. The molecule has 0 aromatic heterocycles. The number of allylic oxidation sites excluding steroid dienone is 3. The molecule has 39 heavy (non-hydrogen) atoms. The summed E-state index contributed by atoms with van der Waals surface area (Å²) in [5.41, 5.74) is 0. The third-order valence-corrected chi connectivity index (χ3v) is 7.90. The van der Waals surface area contributed by atoms with E-state index in [4.69, 9.17) is 0 Å². The zero-order valence-corrected chi connectivity index (χ0v) is 26.1. The summed E-state index contributed by atoms with van der Waals surface area (Å²) in [6, 6.07) is -1.05. The predicted molar refractivity (Wildman–Crippen MR) is 166 cm³/mol. The molecule has 0 aromatic carbocycles. The van der Waals surface area contributed by atoms with Gasteiger partial charge in [0, 0.05) is 6.42 Å². The van der Waals surface area contributed by atoms with Crippen LogP contribution in [-0.2, 0) is 14.9 Å². The van der Waals surface area contributed by atoms with Crippen molar-refractivity contribution < 1.29 is 22.9 Å². The molecule has 7 heteroatoms. The Morgan fingerprint density at radius 3 is 1.56 bits per heavy atom. The van der Waals surface area contributed by atoms with Gasteiger partial charge in [-0.05, 0) is 44.9 Å². The van der Waals surface area contributed by atoms with E-state index < -0.39 is 28.0 Å². The van der Waals surface area contributed by atoms with Gasteiger partial charge < -0.3 is 10.4 Å². The number of rotatable bonds is 28. The lowest BCUT2D eigenvalue weighted by Crippen LogP contribution is -2.46. The van der Waals surface area contributed by atoms with Crippen molar-refractivity contribution in [2.45, 2.75) is 167 Å². The van der Waals surface area contributed by atoms with Crippen LogP contribution in [-0.4, -0.2) is 41.9 Å². The van der Waals surface area contributed by atoms with Crippen molar-refractivity contribution >= 4 is 16.0 Å². The molecule has 1 amide bonds. The van der Waals surface area contributed by atoms with Crippen LogP contribution in [0.4, 0.5) is 0 Å². The van der Waals surface area contributed by atoms with Gasteiger partial charge >= 0.3 is 0 Å². The molecule has 6 nitrogen and oxygen atoms in total. The molecule has 0 fully saturated rings. The Morgan fingerprint density at radius 1 is 0.667 bits per heavy atom. The normalized spacial score (nSPS) is 13.8. The monoisotopic (exact) mass is 571 g/mol. The number of hydrogen-bond donors (Lipinski definition) is 3. The van der Waals surface area contributed by atoms with Crippen molar-refractivity contribution in [2.24, 2.45) is 0 Å². The molecule has 2 unspecified atom stereocenters. The molecule has 3 N–H and O–H groups in total. The summed E-state index contributed by atoms with van der Waals surface area (Å²) in [5, 5.41) is 13.1. The SMILES string of the molecule is CCCCCC/C=C\CCCCCCCC(=O)NC(CS(=O)(=O)O)C(O)/C=C/CCCCCCCCCCC. The van der Waals surface area contributed by atoms with E-state index in [2.05, 4.69) is 31.3 Å². The van der Waals surface area contributed by atoms with Gasteiger partial charge in [0.05, 0.1) is 17.9 Å². The zero-order valence-electron chi connectivity index (χ0n) is 25.3. The van der Waals surface area contributed by atoms with Gasteiger partial charge in [0.25, 0.3) is 10.1 Å². The quantitative estimate of drug-likeness (QED) is 0.0496. The van der Waals surface area contributed by atoms with E-state index in [9.17, 15) is 22.9 Å². The van der Waals surface area contributed by atoms with E-state index in [1.54, 1.807) is 6.08 Å². The van der Waals surface area contributed by atoms with Crippen molar-refractivity contribution in [3.05, 3.63) is 24.3 Å². The summed E-state index contributed by atoms with van der Waals surface area (Å²) in [5.74, 6) is -0.991. The molecule has 0 aliphatic heterocycles. The Morgan fingerprint density at radius 2 is 1.08 bits per heavy atom. The fourth-order valence-electron chi connectivity index (χ4n) is 4.68. The second-order valence-electron chi connectivity index (χ2n) is 11.1. The second-order valence-corrected chi connectivity index (χ2v) is 12.6. The first-order valence-corrected chi connectivity index (χ1v) is 17.6. The number of unbranched alkanes of at least 4 members (excludes halogenated alkanes) is 18. The highest BCUT2D eigenvalue weighted by atomic mass is 32.2. The van der Waals surface area contributed by atoms with Crippen LogP contribution in [0, 0.1) is 0 Å². The average Bonchev–Trinajstić information content (AvgIpc) is 2.88. The Bertz CT molecular complexity index is 720. The number of nitrogens with one attached hydrogen (secondary N) is 1. The van der Waals surface area contributed by atoms with E-state index in [0.717, 1.165) is 57.8 Å². The third-order valence-electron chi connectivity index (χ3n) is 7.12. The highest BCUT2D eigenvalue weighted by Gasteiger charge is 2.24. The number of carbonyl (C=O) groups excluding carboxylic acids is 1. The van der Waals surface area contributed by atoms with E-state index >= 15 is 0 Å². The predicted octanol–water partition coefficient (Wildman–Crippen LogP) is 8.45. The standard InChI is InChI=1S/C32H61NO5S/c1-3-5-7-9-11-13-15-16-18-20-22-24-26-28-32(35)33-30(29-39(36,37)38)31(34)27-25-23-21-19-17-14-12-10-8-6-4-2/h13,15,25,27,30-31,34H,3-12,14,16-24,26,28-29H2,1-2H3,(H,33,35)(H,36,37,38)/b15-13-,27-25+. The van der Waals surface area contributed by atoms with Gasteiger partial charge in [-0.1, -0.05) is 128 Å². The maximum absolute atomic E-state index is 12.4. The number of carbonyl (C=O) groups is 1. The highest BCUT2D eigenvalue weighted by molar-refractivity contribution is 7.85. The first-order valence-electron chi connectivity index (χ1n) is 16.0. The largest absolute Gasteiger partial charge is 0.387 e. The molecular formula is C32H61NO5S. The van der Waals surface area contributed by atoms with Gasteiger partial charge in [0.15, 0.2) is 0 Å². The molecule has 0 aromatic rings. The fourth-order valence-corrected chi connectivity index (χ4v) is 5.41. The van der Waals surface area contributed by atoms with E-state index in [1.807, 2.05) is 6.08 Å². The summed E-state index contributed by atoms with van der Waals surface area (Å²) < 4.78 is 32.2. The third kappa shape index (κ3) is 28.2. The van der Waals surface area contributed by atoms with E-state index in [0.29, 0.717) is 0 Å². The van der Waals surface area contributed by atoms with Gasteiger partial charge in [-0.2, -0.15) is 8.42 Å². The van der Waals surface area contributed by atoms with Crippen LogP contribution in [0.3, 0.4) is 0 Å². The first kappa shape index (κ1) is 37.8. The average molecular weight is 572 g/mol. The fraction of sp³-hybridized carbons (Fsp3) is 0.844. The molecule has 0 radical (unpaired) electrons. The lowest BCUT2D eigenvalue weighted by molar-refractivity contribution is -0.122. The number of aliphatic hydroxyl groups excluding tert-OH is 1. The minimum absolute atomic E-state index is 0.286. The summed E-state index contributed by atoms with van der Waals surface area (Å²) in [6.45, 7) is 4.45. The molecule has 0 saturated carbocycles. The number of aliphatic hydroxyl groups is 1. The number of hydrogen-bond acceptors (Lipinski definition) is 4. The molecule has 0 bridgehead atoms. The lowest BCUT2D eigenvalue weighted by Gasteiger charge is -2.21. The van der Waals surface area contributed by atoms with Crippen LogP contribution in [0.1, 0.15) is 155 Å². The molecule has 0 aliphatic carbocycles. The van der Waals surface area contributed by atoms with E-state index in [1.165, 1.54) is 77.0 Å². The Labute approximate surface area is 241 Å². The summed E-state index contributed by atoms with van der Waals surface area (Å²) in [4.78, 5) is 12.4. The Kier molecular flexibility index (Phi) is 26.2. The van der Waals surface area contributed by atoms with Crippen molar-refractivity contribution in [2.75, 3.05) is 5.75 Å². The molecule has 0 rings (SSSR count). The smallest absolute Gasteiger partial charge is 0.267 e. The topological polar surface area (TPSA) is 104 Å². The van der Waals surface area contributed by atoms with Gasteiger partial charge in [-0.25, -0.2) is 0 Å². The van der Waals surface area contributed by atoms with Crippen molar-refractivity contribution in [1.29, 1.82) is 0 Å². The Balaban J connectivity index is 4.09. The molecule has 230 valence electrons. The van der Waals surface area contributed by atoms with Gasteiger partial charge in [-0.15, -0.1) is 0 Å². The van der Waals surface area contributed by atoms with Gasteiger partial charge in [0.2, 0.25) is 5.91 Å². The van der Waals surface area contributed by atoms with Crippen molar-refractivity contribution in [3.63, 3.8) is 0 Å². The second kappa shape index (κ2) is 27.0. The highest BCUT2D eigenvalue weighted by Crippen LogP contribution is 2.12. The molecule has 2 atom stereocenters. The van der Waals surface area contributed by atoms with Crippen LogP contribution >= 0.6 is 0 Å². The summed E-state index contributed by atoms with van der Waals surface area (Å²) in [6.07, 6.45) is 31.6. The minimum Gasteiger partial charge on any atom is -0.387 e. The van der Waals surface area contributed by atoms with Crippen molar-refractivity contribution in [1.82, 2.24) is 5.32 Å². The van der Waals surface area contributed by atoms with Gasteiger partial charge in [-0.3, -0.25) is 9.35 Å². The molecular weight excluding hydrogens is 510 g/mol. The van der Waals surface area contributed by atoms with Crippen LogP contribution in [0.25, 0.3) is 0 Å². The van der Waals surface area contributed by atoms with Crippen LogP contribution in [0.2, 0.25) is 0 Å². The maximum atomic E-state index is 12.4. The molecule has 0 saturated heterocycles. The van der Waals surface area contributed by atoms with Crippen LogP contribution in [0.15, 0.2) is 24.3 Å². The Hall–Kier alpha value is -1.18. The lowest BCUT2D eigenvalue weighted by atomic mass is 10.1. The van der Waals surface area contributed by atoms with Gasteiger partial charge in [0.1, 0.15) is 0 Å². The summed E-state index contributed by atoms with van der Waals surface area (Å²) in [7, 11) is -4.33. The summed E-state index contributed by atoms with van der Waals surface area (Å²) >= 11 is 0. The molecule has 0 spiro atoms. The van der Waals surface area contributed by atoms with Crippen LogP contribution in [0.5, 0.6) is 0 Å². The number of amides is 1. The van der Waals surface area contributed by atoms with E-state index in [-0.39, 0.29) is 12.3 Å². The molecule has 0 heterocycles. The minimum atomic E-state index is -4.33. The molecule has 0 aliphatic rings. The first-order chi connectivity index (χ1) is 18.8.